The number of thiophene rings is 1. The molecule has 0 radical (unpaired) electrons. The molecule has 12 heteroatoms. The lowest BCUT2D eigenvalue weighted by Crippen LogP contribution is -2.23. The lowest BCUT2D eigenvalue weighted by molar-refractivity contribution is -0.274. The van der Waals surface area contributed by atoms with Crippen molar-refractivity contribution in [1.82, 2.24) is 19.7 Å². The van der Waals surface area contributed by atoms with Gasteiger partial charge >= 0.3 is 6.36 Å². The summed E-state index contributed by atoms with van der Waals surface area (Å²) in [5.41, 5.74) is 1.19. The van der Waals surface area contributed by atoms with Crippen LogP contribution in [0.4, 0.5) is 13.2 Å². The Labute approximate surface area is 150 Å². The molecule has 26 heavy (non-hydrogen) atoms. The van der Waals surface area contributed by atoms with Crippen LogP contribution in [0.25, 0.3) is 5.69 Å². The number of aromatic nitrogens is 3. The van der Waals surface area contributed by atoms with E-state index in [0.29, 0.717) is 5.69 Å². The molecule has 3 aromatic rings. The van der Waals surface area contributed by atoms with Crippen LogP contribution in [0.15, 0.2) is 52.2 Å². The van der Waals surface area contributed by atoms with Crippen LogP contribution < -0.4 is 9.46 Å². The van der Waals surface area contributed by atoms with E-state index in [-0.39, 0.29) is 11.4 Å². The maximum Gasteiger partial charge on any atom is 0.573 e. The molecule has 0 amide bonds. The average molecular weight is 404 g/mol. The summed E-state index contributed by atoms with van der Waals surface area (Å²) in [6.07, 6.45) is -3.27. The highest BCUT2D eigenvalue weighted by atomic mass is 32.2. The molecule has 0 fully saturated rings. The largest absolute Gasteiger partial charge is 0.573 e. The first-order chi connectivity index (χ1) is 12.2. The second kappa shape index (κ2) is 7.05. The molecule has 0 unspecified atom stereocenters. The fourth-order valence-corrected chi connectivity index (χ4v) is 3.59. The van der Waals surface area contributed by atoms with E-state index < -0.39 is 22.1 Å². The molecular formula is C14H11F3N4O3S2. The van der Waals surface area contributed by atoms with Crippen LogP contribution in [-0.4, -0.2) is 29.8 Å². The maximum atomic E-state index is 12.2. The standard InChI is InChI=1S/C14H11F3N4O3S2/c15-14(16,17)24-12-1-3-13(4-2-12)26(22,23)18-7-10-8-21(20-19-10)11-5-6-25-9-11/h1-6,8-9,18H,7H2. The van der Waals surface area contributed by atoms with Crippen LogP contribution in [0.5, 0.6) is 5.75 Å². The Kier molecular flexibility index (Phi) is 4.98. The lowest BCUT2D eigenvalue weighted by Gasteiger charge is -2.09. The van der Waals surface area contributed by atoms with E-state index in [9.17, 15) is 21.6 Å². The quantitative estimate of drug-likeness (QED) is 0.683. The van der Waals surface area contributed by atoms with Crippen molar-refractivity contribution in [2.45, 2.75) is 17.8 Å². The van der Waals surface area contributed by atoms with Crippen molar-refractivity contribution in [3.05, 3.63) is 53.0 Å². The molecule has 1 N–H and O–H groups in total. The Morgan fingerprint density at radius 1 is 1.19 bits per heavy atom. The lowest BCUT2D eigenvalue weighted by atomic mass is 10.3. The number of hydrogen-bond donors (Lipinski definition) is 1. The molecule has 0 saturated carbocycles. The smallest absolute Gasteiger partial charge is 0.406 e. The molecule has 138 valence electrons. The highest BCUT2D eigenvalue weighted by Crippen LogP contribution is 2.23. The van der Waals surface area contributed by atoms with Crippen molar-refractivity contribution in [2.75, 3.05) is 0 Å². The summed E-state index contributed by atoms with van der Waals surface area (Å²) in [7, 11) is -3.93. The molecule has 0 aliphatic rings. The maximum absolute atomic E-state index is 12.2. The number of hydrogen-bond acceptors (Lipinski definition) is 6. The van der Waals surface area contributed by atoms with E-state index in [1.54, 1.807) is 6.20 Å². The third-order valence-corrected chi connectivity index (χ3v) is 5.21. The zero-order chi connectivity index (χ0) is 18.8. The van der Waals surface area contributed by atoms with E-state index in [1.165, 1.54) is 16.0 Å². The average Bonchev–Trinajstić information content (AvgIpc) is 3.23. The highest BCUT2D eigenvalue weighted by molar-refractivity contribution is 7.89. The van der Waals surface area contributed by atoms with Gasteiger partial charge in [-0.05, 0) is 35.7 Å². The van der Waals surface area contributed by atoms with E-state index in [2.05, 4.69) is 19.8 Å². The van der Waals surface area contributed by atoms with Gasteiger partial charge in [0.05, 0.1) is 29.0 Å². The molecule has 0 atom stereocenters. The zero-order valence-corrected chi connectivity index (χ0v) is 14.5. The third kappa shape index (κ3) is 4.59. The van der Waals surface area contributed by atoms with Crippen LogP contribution in [0.3, 0.4) is 0 Å². The number of halogens is 3. The van der Waals surface area contributed by atoms with Gasteiger partial charge in [-0.15, -0.1) is 18.3 Å². The van der Waals surface area contributed by atoms with Gasteiger partial charge in [0.15, 0.2) is 0 Å². The summed E-state index contributed by atoms with van der Waals surface area (Å²) in [6.45, 7) is -0.118. The number of sulfonamides is 1. The van der Waals surface area contributed by atoms with Crippen LogP contribution >= 0.6 is 11.3 Å². The number of nitrogens with one attached hydrogen (secondary N) is 1. The van der Waals surface area contributed by atoms with Gasteiger partial charge < -0.3 is 4.74 Å². The van der Waals surface area contributed by atoms with Crippen molar-refractivity contribution in [3.8, 4) is 11.4 Å². The first kappa shape index (κ1) is 18.4. The number of benzene rings is 1. The Bertz CT molecular complexity index is 968. The summed E-state index contributed by atoms with van der Waals surface area (Å²) < 4.78 is 68.3. The molecule has 3 rings (SSSR count). The van der Waals surface area contributed by atoms with Gasteiger partial charge in [-0.2, -0.15) is 11.3 Å². The molecule has 2 aromatic heterocycles. The summed E-state index contributed by atoms with van der Waals surface area (Å²) in [5, 5.41) is 11.5. The van der Waals surface area contributed by atoms with Gasteiger partial charge in [0, 0.05) is 5.38 Å². The number of alkyl halides is 3. The van der Waals surface area contributed by atoms with E-state index in [1.807, 2.05) is 16.8 Å². The Morgan fingerprint density at radius 3 is 2.54 bits per heavy atom. The van der Waals surface area contributed by atoms with E-state index in [4.69, 9.17) is 0 Å². The molecule has 1 aromatic carbocycles. The topological polar surface area (TPSA) is 86.1 Å². The fraction of sp³-hybridized carbons (Fsp3) is 0.143. The van der Waals surface area contributed by atoms with Gasteiger partial charge in [-0.3, -0.25) is 0 Å². The molecule has 2 heterocycles. The number of rotatable bonds is 6. The number of nitrogens with zero attached hydrogens (tertiary/aromatic N) is 3. The molecule has 0 aliphatic heterocycles. The summed E-state index contributed by atoms with van der Waals surface area (Å²) in [4.78, 5) is -0.197. The summed E-state index contributed by atoms with van der Waals surface area (Å²) in [6, 6.07) is 5.72. The van der Waals surface area contributed by atoms with Crippen LogP contribution in [0.1, 0.15) is 5.69 Å². The Hall–Kier alpha value is -2.44. The van der Waals surface area contributed by atoms with Gasteiger partial charge in [0.1, 0.15) is 5.75 Å². The molecule has 0 saturated heterocycles. The predicted molar refractivity (Wildman–Crippen MR) is 86.4 cm³/mol. The molecule has 0 aliphatic carbocycles. The van der Waals surface area contributed by atoms with Crippen LogP contribution in [0.2, 0.25) is 0 Å². The molecular weight excluding hydrogens is 393 g/mol. The second-order valence-electron chi connectivity index (χ2n) is 4.98. The molecule has 7 nitrogen and oxygen atoms in total. The monoisotopic (exact) mass is 404 g/mol. The molecule has 0 bridgehead atoms. The minimum absolute atomic E-state index is 0.118. The number of ether oxygens (including phenoxy) is 1. The van der Waals surface area contributed by atoms with Gasteiger partial charge in [0.2, 0.25) is 10.0 Å². The van der Waals surface area contributed by atoms with Gasteiger partial charge in [-0.1, -0.05) is 5.21 Å². The van der Waals surface area contributed by atoms with Crippen LogP contribution in [-0.2, 0) is 16.6 Å². The SMILES string of the molecule is O=S(=O)(NCc1cn(-c2ccsc2)nn1)c1ccc(OC(F)(F)F)cc1. The van der Waals surface area contributed by atoms with Crippen molar-refractivity contribution in [2.24, 2.45) is 0 Å². The zero-order valence-electron chi connectivity index (χ0n) is 12.8. The normalized spacial score (nSPS) is 12.3. The van der Waals surface area contributed by atoms with Crippen molar-refractivity contribution in [3.63, 3.8) is 0 Å². The Balaban J connectivity index is 1.65. The summed E-state index contributed by atoms with van der Waals surface area (Å²) >= 11 is 1.48. The van der Waals surface area contributed by atoms with Gasteiger partial charge in [-0.25, -0.2) is 17.8 Å². The van der Waals surface area contributed by atoms with Crippen LogP contribution in [0, 0.1) is 0 Å². The second-order valence-corrected chi connectivity index (χ2v) is 7.53. The van der Waals surface area contributed by atoms with Crippen molar-refractivity contribution in [1.29, 1.82) is 0 Å². The molecule has 0 spiro atoms. The minimum atomic E-state index is -4.84. The fourth-order valence-electron chi connectivity index (χ4n) is 1.97. The predicted octanol–water partition coefficient (Wildman–Crippen LogP) is 2.71. The van der Waals surface area contributed by atoms with E-state index in [0.717, 1.165) is 30.0 Å². The van der Waals surface area contributed by atoms with Crippen molar-refractivity contribution < 1.29 is 26.3 Å². The Morgan fingerprint density at radius 2 is 1.92 bits per heavy atom. The minimum Gasteiger partial charge on any atom is -0.406 e. The third-order valence-electron chi connectivity index (χ3n) is 3.12. The highest BCUT2D eigenvalue weighted by Gasteiger charge is 2.31. The summed E-state index contributed by atoms with van der Waals surface area (Å²) in [5.74, 6) is -0.504. The first-order valence-corrected chi connectivity index (χ1v) is 9.45. The van der Waals surface area contributed by atoms with E-state index >= 15 is 0 Å². The van der Waals surface area contributed by atoms with Crippen molar-refractivity contribution >= 4 is 21.4 Å². The van der Waals surface area contributed by atoms with Gasteiger partial charge in [0.25, 0.3) is 0 Å². The first-order valence-electron chi connectivity index (χ1n) is 7.02.